The van der Waals surface area contributed by atoms with Gasteiger partial charge in [0.05, 0.1) is 0 Å². The summed E-state index contributed by atoms with van der Waals surface area (Å²) in [7, 11) is -2.32. The van der Waals surface area contributed by atoms with Crippen LogP contribution in [0.3, 0.4) is 0 Å². The zero-order chi connectivity index (χ0) is 14.5. The second-order valence-electron chi connectivity index (χ2n) is 3.96. The Morgan fingerprint density at radius 1 is 0.684 bits per heavy atom. The van der Waals surface area contributed by atoms with Gasteiger partial charge in [-0.3, -0.25) is 0 Å². The van der Waals surface area contributed by atoms with Gasteiger partial charge in [-0.25, -0.2) is 0 Å². The minimum absolute atomic E-state index is 1.01. The number of hydrogen-bond donors (Lipinski definition) is 0. The Kier molecular flexibility index (Phi) is 5.57. The Morgan fingerprint density at radius 2 is 1.00 bits per heavy atom. The minimum atomic E-state index is -2.32. The molecule has 0 atom stereocenters. The predicted molar refractivity (Wildman–Crippen MR) is 87.4 cm³/mol. The Balaban J connectivity index is 0.000000415. The molecule has 2 heteroatoms. The van der Waals surface area contributed by atoms with Crippen LogP contribution in [0.5, 0.6) is 0 Å². The lowest BCUT2D eigenvalue weighted by Crippen LogP contribution is -2.07. The summed E-state index contributed by atoms with van der Waals surface area (Å²) >= 11 is 0. The first-order chi connectivity index (χ1) is 9.21. The van der Waals surface area contributed by atoms with Crippen LogP contribution >= 0.6 is 7.14 Å². The SMILES string of the molecule is CC.CC.CP1(=O)c2ccccc2-c2ccccc21. The minimum Gasteiger partial charge on any atom is -0.314 e. The summed E-state index contributed by atoms with van der Waals surface area (Å²) in [5.74, 6) is 0. The third-order valence-corrected chi connectivity index (χ3v) is 5.64. The zero-order valence-corrected chi connectivity index (χ0v) is 13.4. The lowest BCUT2D eigenvalue weighted by atomic mass is 10.1. The van der Waals surface area contributed by atoms with Gasteiger partial charge in [-0.2, -0.15) is 0 Å². The van der Waals surface area contributed by atoms with Gasteiger partial charge in [0.25, 0.3) is 0 Å². The predicted octanol–water partition coefficient (Wildman–Crippen LogP) is 4.66. The van der Waals surface area contributed by atoms with Gasteiger partial charge in [0.2, 0.25) is 0 Å². The quantitative estimate of drug-likeness (QED) is 0.638. The van der Waals surface area contributed by atoms with Crippen molar-refractivity contribution in [3.8, 4) is 11.1 Å². The molecule has 2 aromatic carbocycles. The number of rotatable bonds is 0. The van der Waals surface area contributed by atoms with Crippen LogP contribution in [0.15, 0.2) is 48.5 Å². The van der Waals surface area contributed by atoms with Crippen molar-refractivity contribution in [3.05, 3.63) is 48.5 Å². The van der Waals surface area contributed by atoms with Crippen molar-refractivity contribution in [1.29, 1.82) is 0 Å². The molecule has 0 radical (unpaired) electrons. The monoisotopic (exact) mass is 274 g/mol. The molecule has 1 aliphatic rings. The van der Waals surface area contributed by atoms with E-state index in [0.717, 1.165) is 21.7 Å². The number of hydrogen-bond acceptors (Lipinski definition) is 1. The first-order valence-electron chi connectivity index (χ1n) is 6.98. The van der Waals surface area contributed by atoms with E-state index < -0.39 is 7.14 Å². The molecule has 0 unspecified atom stereocenters. The molecule has 0 spiro atoms. The highest BCUT2D eigenvalue weighted by Gasteiger charge is 2.33. The van der Waals surface area contributed by atoms with E-state index in [1.165, 1.54) is 0 Å². The van der Waals surface area contributed by atoms with Crippen molar-refractivity contribution in [3.63, 3.8) is 0 Å². The average molecular weight is 274 g/mol. The van der Waals surface area contributed by atoms with Gasteiger partial charge in [-0.1, -0.05) is 76.2 Å². The molecule has 0 bridgehead atoms. The summed E-state index contributed by atoms with van der Waals surface area (Å²) in [4.78, 5) is 0. The Bertz CT molecular complexity index is 538. The standard InChI is InChI=1S/C13H11OP.2C2H6/c1-15(14)12-8-4-2-6-10(12)11-7-3-5-9-13(11)15;2*1-2/h2-9H,1H3;2*1-2H3. The molecule has 0 N–H and O–H groups in total. The van der Waals surface area contributed by atoms with Crippen molar-refractivity contribution >= 4 is 17.8 Å². The third-order valence-electron chi connectivity index (χ3n) is 3.02. The highest BCUT2D eigenvalue weighted by Crippen LogP contribution is 2.49. The van der Waals surface area contributed by atoms with E-state index in [1.54, 1.807) is 0 Å². The number of fused-ring (bicyclic) bond motifs is 3. The van der Waals surface area contributed by atoms with E-state index in [0.29, 0.717) is 0 Å². The zero-order valence-electron chi connectivity index (χ0n) is 12.5. The highest BCUT2D eigenvalue weighted by molar-refractivity contribution is 7.79. The van der Waals surface area contributed by atoms with Gasteiger partial charge in [0.1, 0.15) is 7.14 Å². The van der Waals surface area contributed by atoms with E-state index in [1.807, 2.05) is 70.8 Å². The van der Waals surface area contributed by atoms with Gasteiger partial charge in [0.15, 0.2) is 0 Å². The Morgan fingerprint density at radius 3 is 1.37 bits per heavy atom. The van der Waals surface area contributed by atoms with Crippen LogP contribution in [0.25, 0.3) is 11.1 Å². The summed E-state index contributed by atoms with van der Waals surface area (Å²) in [5, 5.41) is 2.01. The fraction of sp³-hybridized carbons (Fsp3) is 0.294. The smallest absolute Gasteiger partial charge is 0.141 e. The van der Waals surface area contributed by atoms with Gasteiger partial charge < -0.3 is 4.57 Å². The molecule has 2 aromatic rings. The maximum atomic E-state index is 12.7. The molecule has 1 aliphatic heterocycles. The Labute approximate surface area is 117 Å². The molecule has 0 aromatic heterocycles. The molecule has 3 rings (SSSR count). The first kappa shape index (κ1) is 15.7. The van der Waals surface area contributed by atoms with Crippen molar-refractivity contribution in [1.82, 2.24) is 0 Å². The molecule has 1 heterocycles. The van der Waals surface area contributed by atoms with Crippen LogP contribution in [0.1, 0.15) is 27.7 Å². The van der Waals surface area contributed by atoms with Gasteiger partial charge in [0, 0.05) is 10.6 Å². The molecule has 0 aliphatic carbocycles. The summed E-state index contributed by atoms with van der Waals surface area (Å²) < 4.78 is 12.7. The highest BCUT2D eigenvalue weighted by atomic mass is 31.2. The molecule has 19 heavy (non-hydrogen) atoms. The van der Waals surface area contributed by atoms with Gasteiger partial charge >= 0.3 is 0 Å². The second kappa shape index (κ2) is 6.73. The lowest BCUT2D eigenvalue weighted by Gasteiger charge is -2.06. The summed E-state index contributed by atoms with van der Waals surface area (Å²) in [6, 6.07) is 16.0. The van der Waals surface area contributed by atoms with E-state index in [4.69, 9.17) is 0 Å². The number of benzene rings is 2. The molecule has 0 fully saturated rings. The van der Waals surface area contributed by atoms with Gasteiger partial charge in [-0.15, -0.1) is 0 Å². The van der Waals surface area contributed by atoms with Crippen LogP contribution in [0, 0.1) is 0 Å². The normalized spacial score (nSPS) is 13.1. The van der Waals surface area contributed by atoms with E-state index in [-0.39, 0.29) is 0 Å². The van der Waals surface area contributed by atoms with E-state index in [9.17, 15) is 4.57 Å². The molecular weight excluding hydrogens is 251 g/mol. The molecule has 1 nitrogen and oxygen atoms in total. The lowest BCUT2D eigenvalue weighted by molar-refractivity contribution is 0.591. The van der Waals surface area contributed by atoms with Crippen molar-refractivity contribution in [2.24, 2.45) is 0 Å². The molecule has 0 amide bonds. The molecule has 0 saturated heterocycles. The van der Waals surface area contributed by atoms with Crippen LogP contribution < -0.4 is 10.6 Å². The first-order valence-corrected chi connectivity index (χ1v) is 9.14. The molecule has 102 valence electrons. The van der Waals surface area contributed by atoms with E-state index in [2.05, 4.69) is 12.1 Å². The summed E-state index contributed by atoms with van der Waals surface area (Å²) in [6.45, 7) is 9.86. The van der Waals surface area contributed by atoms with Crippen molar-refractivity contribution in [2.75, 3.05) is 6.66 Å². The van der Waals surface area contributed by atoms with Crippen LogP contribution in [0.2, 0.25) is 0 Å². The fourth-order valence-electron chi connectivity index (χ4n) is 2.28. The van der Waals surface area contributed by atoms with Crippen LogP contribution in [-0.2, 0) is 4.57 Å². The molecule has 0 saturated carbocycles. The maximum Gasteiger partial charge on any atom is 0.141 e. The Hall–Kier alpha value is -1.33. The fourth-order valence-corrected chi connectivity index (χ4v) is 4.59. The largest absolute Gasteiger partial charge is 0.314 e. The van der Waals surface area contributed by atoms with Crippen LogP contribution in [-0.4, -0.2) is 6.66 Å². The summed E-state index contributed by atoms with van der Waals surface area (Å²) in [6.07, 6.45) is 0. The maximum absolute atomic E-state index is 12.7. The van der Waals surface area contributed by atoms with Crippen molar-refractivity contribution in [2.45, 2.75) is 27.7 Å². The van der Waals surface area contributed by atoms with Crippen LogP contribution in [0.4, 0.5) is 0 Å². The summed E-state index contributed by atoms with van der Waals surface area (Å²) in [5.41, 5.74) is 2.28. The van der Waals surface area contributed by atoms with E-state index >= 15 is 0 Å². The van der Waals surface area contributed by atoms with Gasteiger partial charge in [-0.05, 0) is 17.8 Å². The van der Waals surface area contributed by atoms with Crippen molar-refractivity contribution < 1.29 is 4.57 Å². The average Bonchev–Trinajstić information content (AvgIpc) is 2.73. The second-order valence-corrected chi connectivity index (χ2v) is 6.77. The topological polar surface area (TPSA) is 17.1 Å². The third kappa shape index (κ3) is 2.67. The molecular formula is C17H23OP.